The SMILES string of the molecule is CC1(C)Cc2c(cnn2Cc2ccccc2)C(NC(=O)c2nsc(Cl)c2Cl)C1. The molecule has 0 bridgehead atoms. The van der Waals surface area contributed by atoms with Gasteiger partial charge in [-0.25, -0.2) is 0 Å². The second-order valence-electron chi connectivity index (χ2n) is 7.88. The normalized spacial score (nSPS) is 17.9. The fourth-order valence-corrected chi connectivity index (χ4v) is 4.74. The van der Waals surface area contributed by atoms with Crippen LogP contribution in [0.15, 0.2) is 36.5 Å². The number of amides is 1. The first-order valence-electron chi connectivity index (χ1n) is 9.04. The number of rotatable bonds is 4. The number of benzene rings is 1. The molecule has 1 aromatic carbocycles. The van der Waals surface area contributed by atoms with Gasteiger partial charge in [0.05, 0.1) is 18.8 Å². The van der Waals surface area contributed by atoms with Crippen molar-refractivity contribution in [2.75, 3.05) is 0 Å². The Morgan fingerprint density at radius 3 is 2.75 bits per heavy atom. The van der Waals surface area contributed by atoms with Gasteiger partial charge in [0.1, 0.15) is 9.36 Å². The van der Waals surface area contributed by atoms with Gasteiger partial charge in [0.15, 0.2) is 5.69 Å². The van der Waals surface area contributed by atoms with Crippen LogP contribution in [-0.2, 0) is 13.0 Å². The van der Waals surface area contributed by atoms with Gasteiger partial charge in [0, 0.05) is 11.3 Å². The number of carbonyl (C=O) groups is 1. The maximum absolute atomic E-state index is 12.7. The molecular formula is C20H20Cl2N4OS. The zero-order valence-corrected chi connectivity index (χ0v) is 17.9. The van der Waals surface area contributed by atoms with E-state index in [-0.39, 0.29) is 28.1 Å². The molecule has 1 aliphatic rings. The van der Waals surface area contributed by atoms with Crippen LogP contribution >= 0.6 is 34.7 Å². The van der Waals surface area contributed by atoms with Crippen molar-refractivity contribution in [3.05, 3.63) is 68.4 Å². The zero-order valence-electron chi connectivity index (χ0n) is 15.6. The Bertz CT molecular complexity index is 1010. The Morgan fingerprint density at radius 2 is 2.07 bits per heavy atom. The van der Waals surface area contributed by atoms with Gasteiger partial charge < -0.3 is 5.32 Å². The van der Waals surface area contributed by atoms with Crippen molar-refractivity contribution in [1.82, 2.24) is 19.5 Å². The maximum atomic E-state index is 12.7. The van der Waals surface area contributed by atoms with E-state index in [9.17, 15) is 4.79 Å². The van der Waals surface area contributed by atoms with E-state index in [0.29, 0.717) is 10.9 Å². The van der Waals surface area contributed by atoms with E-state index in [4.69, 9.17) is 23.2 Å². The number of aromatic nitrogens is 3. The fraction of sp³-hybridized carbons (Fsp3) is 0.350. The van der Waals surface area contributed by atoms with E-state index < -0.39 is 0 Å². The van der Waals surface area contributed by atoms with E-state index in [1.54, 1.807) is 0 Å². The molecule has 0 aliphatic heterocycles. The average Bonchev–Trinajstić information content (AvgIpc) is 3.19. The predicted octanol–water partition coefficient (Wildman–Crippen LogP) is 5.14. The molecule has 3 aromatic rings. The summed E-state index contributed by atoms with van der Waals surface area (Å²) in [5.74, 6) is -0.308. The van der Waals surface area contributed by atoms with Crippen LogP contribution in [-0.4, -0.2) is 20.1 Å². The number of carbonyl (C=O) groups excluding carboxylic acids is 1. The Hall–Kier alpha value is -1.89. The summed E-state index contributed by atoms with van der Waals surface area (Å²) in [5.41, 5.74) is 3.62. The van der Waals surface area contributed by atoms with Crippen LogP contribution in [0, 0.1) is 5.41 Å². The van der Waals surface area contributed by atoms with Crippen LogP contribution in [0.1, 0.15) is 53.6 Å². The first-order valence-corrected chi connectivity index (χ1v) is 10.6. The van der Waals surface area contributed by atoms with Gasteiger partial charge in [-0.2, -0.15) is 9.47 Å². The van der Waals surface area contributed by atoms with Gasteiger partial charge in [0.2, 0.25) is 0 Å². The molecule has 5 nitrogen and oxygen atoms in total. The van der Waals surface area contributed by atoms with Gasteiger partial charge in [-0.05, 0) is 35.4 Å². The molecule has 146 valence electrons. The van der Waals surface area contributed by atoms with Crippen molar-refractivity contribution in [3.8, 4) is 0 Å². The van der Waals surface area contributed by atoms with E-state index in [0.717, 1.165) is 35.6 Å². The number of fused-ring (bicyclic) bond motifs is 1. The van der Waals surface area contributed by atoms with Crippen LogP contribution < -0.4 is 5.32 Å². The minimum Gasteiger partial charge on any atom is -0.344 e. The molecule has 2 aromatic heterocycles. The van der Waals surface area contributed by atoms with Crippen molar-refractivity contribution in [2.45, 2.75) is 39.3 Å². The van der Waals surface area contributed by atoms with Crippen LogP contribution in [0.25, 0.3) is 0 Å². The highest BCUT2D eigenvalue weighted by Crippen LogP contribution is 2.41. The van der Waals surface area contributed by atoms with Gasteiger partial charge in [-0.15, -0.1) is 0 Å². The highest BCUT2D eigenvalue weighted by atomic mass is 35.5. The Labute approximate surface area is 177 Å². The highest BCUT2D eigenvalue weighted by molar-refractivity contribution is 7.11. The van der Waals surface area contributed by atoms with Gasteiger partial charge in [-0.1, -0.05) is 67.4 Å². The van der Waals surface area contributed by atoms with E-state index in [2.05, 4.69) is 40.8 Å². The monoisotopic (exact) mass is 434 g/mol. The maximum Gasteiger partial charge on any atom is 0.273 e. The van der Waals surface area contributed by atoms with Crippen LogP contribution in [0.3, 0.4) is 0 Å². The minimum atomic E-state index is -0.308. The first-order chi connectivity index (χ1) is 13.3. The molecule has 0 fully saturated rings. The van der Waals surface area contributed by atoms with E-state index >= 15 is 0 Å². The van der Waals surface area contributed by atoms with Gasteiger partial charge >= 0.3 is 0 Å². The lowest BCUT2D eigenvalue weighted by Gasteiger charge is -2.36. The summed E-state index contributed by atoms with van der Waals surface area (Å²) >= 11 is 13.1. The molecule has 28 heavy (non-hydrogen) atoms. The molecule has 1 atom stereocenters. The van der Waals surface area contributed by atoms with Crippen molar-refractivity contribution in [2.24, 2.45) is 5.41 Å². The summed E-state index contributed by atoms with van der Waals surface area (Å²) in [6.07, 6.45) is 3.59. The minimum absolute atomic E-state index is 0.0307. The molecule has 0 spiro atoms. The van der Waals surface area contributed by atoms with Crippen LogP contribution in [0.2, 0.25) is 9.36 Å². The lowest BCUT2D eigenvalue weighted by molar-refractivity contribution is 0.0915. The third-order valence-electron chi connectivity index (χ3n) is 5.05. The summed E-state index contributed by atoms with van der Waals surface area (Å²) in [4.78, 5) is 12.7. The smallest absolute Gasteiger partial charge is 0.273 e. The Kier molecular flexibility index (Phi) is 5.21. The van der Waals surface area contributed by atoms with Crippen molar-refractivity contribution < 1.29 is 4.79 Å². The molecule has 2 heterocycles. The fourth-order valence-electron chi connectivity index (χ4n) is 3.75. The van der Waals surface area contributed by atoms with E-state index in [1.165, 1.54) is 5.56 Å². The number of hydrogen-bond donors (Lipinski definition) is 1. The topological polar surface area (TPSA) is 59.8 Å². The third-order valence-corrected chi connectivity index (χ3v) is 6.66. The van der Waals surface area contributed by atoms with Gasteiger partial charge in [-0.3, -0.25) is 9.48 Å². The third kappa shape index (κ3) is 3.81. The van der Waals surface area contributed by atoms with Gasteiger partial charge in [0.25, 0.3) is 5.91 Å². The summed E-state index contributed by atoms with van der Waals surface area (Å²) in [7, 11) is 0. The molecule has 1 aliphatic carbocycles. The van der Waals surface area contributed by atoms with Crippen LogP contribution in [0.4, 0.5) is 0 Å². The Balaban J connectivity index is 1.62. The number of nitrogens with zero attached hydrogens (tertiary/aromatic N) is 3. The summed E-state index contributed by atoms with van der Waals surface area (Å²) in [5, 5.41) is 7.91. The highest BCUT2D eigenvalue weighted by Gasteiger charge is 2.36. The number of hydrogen-bond acceptors (Lipinski definition) is 4. The second-order valence-corrected chi connectivity index (χ2v) is 9.63. The zero-order chi connectivity index (χ0) is 19.9. The van der Waals surface area contributed by atoms with Crippen molar-refractivity contribution >= 4 is 40.6 Å². The summed E-state index contributed by atoms with van der Waals surface area (Å²) in [6.45, 7) is 5.13. The first kappa shape index (κ1) is 19.4. The molecule has 0 saturated carbocycles. The quantitative estimate of drug-likeness (QED) is 0.618. The average molecular weight is 435 g/mol. The van der Waals surface area contributed by atoms with E-state index in [1.807, 2.05) is 29.1 Å². The molecule has 4 rings (SSSR count). The largest absolute Gasteiger partial charge is 0.344 e. The summed E-state index contributed by atoms with van der Waals surface area (Å²) < 4.78 is 6.44. The van der Waals surface area contributed by atoms with Crippen LogP contribution in [0.5, 0.6) is 0 Å². The molecule has 0 radical (unpaired) electrons. The molecular weight excluding hydrogens is 415 g/mol. The van der Waals surface area contributed by atoms with Crippen molar-refractivity contribution in [1.29, 1.82) is 0 Å². The molecule has 1 N–H and O–H groups in total. The number of halogens is 2. The molecule has 0 saturated heterocycles. The molecule has 1 amide bonds. The lowest BCUT2D eigenvalue weighted by Crippen LogP contribution is -2.37. The number of nitrogens with one attached hydrogen (secondary N) is 1. The van der Waals surface area contributed by atoms with Crippen molar-refractivity contribution in [3.63, 3.8) is 0 Å². The lowest BCUT2D eigenvalue weighted by atomic mass is 9.74. The molecule has 1 unspecified atom stereocenters. The molecule has 8 heteroatoms. The second kappa shape index (κ2) is 7.50. The standard InChI is InChI=1S/C20H20Cl2N4OS/c1-20(2)8-14(24-19(27)17-16(21)18(22)28-25-17)13-10-23-26(15(13)9-20)11-12-6-4-3-5-7-12/h3-7,10,14H,8-9,11H2,1-2H3,(H,24,27). The Morgan fingerprint density at radius 1 is 1.32 bits per heavy atom. The predicted molar refractivity (Wildman–Crippen MR) is 112 cm³/mol. The summed E-state index contributed by atoms with van der Waals surface area (Å²) in [6, 6.07) is 10.1.